The summed E-state index contributed by atoms with van der Waals surface area (Å²) in [5.41, 5.74) is 2.40. The Morgan fingerprint density at radius 2 is 1.26 bits per heavy atom. The van der Waals surface area contributed by atoms with Crippen LogP contribution in [-0.4, -0.2) is 53.7 Å². The number of para-hydroxylation sites is 1. The Labute approximate surface area is 158 Å². The molecule has 0 aliphatic carbocycles. The normalized spacial score (nSPS) is 13.8. The van der Waals surface area contributed by atoms with E-state index in [1.807, 2.05) is 42.5 Å². The van der Waals surface area contributed by atoms with E-state index in [2.05, 4.69) is 10.6 Å². The van der Waals surface area contributed by atoms with Gasteiger partial charge in [-0.15, -0.1) is 0 Å². The summed E-state index contributed by atoms with van der Waals surface area (Å²) in [6, 6.07) is 16.9. The topological polar surface area (TPSA) is 81.8 Å². The molecule has 3 amide bonds. The molecule has 1 aliphatic heterocycles. The number of hydrogen-bond acceptors (Lipinski definition) is 4. The Bertz CT molecular complexity index is 813. The average molecular weight is 366 g/mol. The highest BCUT2D eigenvalue weighted by Crippen LogP contribution is 2.18. The molecule has 1 aliphatic rings. The van der Waals surface area contributed by atoms with Crippen LogP contribution in [-0.2, 0) is 14.4 Å². The second-order valence-electron chi connectivity index (χ2n) is 6.32. The average Bonchev–Trinajstić information content (AvgIpc) is 2.69. The number of hydrogen-bond donors (Lipinski definition) is 2. The molecular formula is C20H22N4O3. The largest absolute Gasteiger partial charge is 0.356 e. The molecule has 0 atom stereocenters. The third-order valence-electron chi connectivity index (χ3n) is 4.41. The van der Waals surface area contributed by atoms with E-state index >= 15 is 0 Å². The van der Waals surface area contributed by atoms with Crippen molar-refractivity contribution in [2.45, 2.75) is 6.92 Å². The molecule has 27 heavy (non-hydrogen) atoms. The smallest absolute Gasteiger partial charge is 0.313 e. The van der Waals surface area contributed by atoms with Gasteiger partial charge in [-0.25, -0.2) is 0 Å². The summed E-state index contributed by atoms with van der Waals surface area (Å²) < 4.78 is 0. The van der Waals surface area contributed by atoms with Gasteiger partial charge in [-0.05, 0) is 36.4 Å². The number of carbonyl (C=O) groups is 3. The Kier molecular flexibility index (Phi) is 5.71. The minimum atomic E-state index is -0.671. The number of carbonyl (C=O) groups excluding carboxylic acids is 3. The Balaban J connectivity index is 1.53. The molecule has 0 aromatic heterocycles. The molecule has 2 aromatic rings. The second-order valence-corrected chi connectivity index (χ2v) is 6.32. The van der Waals surface area contributed by atoms with E-state index in [0.717, 1.165) is 11.4 Å². The molecule has 2 N–H and O–H groups in total. The quantitative estimate of drug-likeness (QED) is 0.815. The lowest BCUT2D eigenvalue weighted by molar-refractivity contribution is -0.145. The van der Waals surface area contributed by atoms with E-state index < -0.39 is 11.8 Å². The summed E-state index contributed by atoms with van der Waals surface area (Å²) in [5, 5.41) is 5.88. The van der Waals surface area contributed by atoms with Crippen molar-refractivity contribution in [1.82, 2.24) is 9.80 Å². The number of piperazine rings is 1. The maximum atomic E-state index is 12.3. The molecule has 0 bridgehead atoms. The van der Waals surface area contributed by atoms with Crippen molar-refractivity contribution in [3.63, 3.8) is 0 Å². The predicted octanol–water partition coefficient (Wildman–Crippen LogP) is 2.06. The van der Waals surface area contributed by atoms with Gasteiger partial charge in [-0.3, -0.25) is 14.4 Å². The summed E-state index contributed by atoms with van der Waals surface area (Å²) in [6.07, 6.45) is 0. The summed E-state index contributed by atoms with van der Waals surface area (Å²) in [6.45, 7) is 3.14. The molecule has 140 valence electrons. The Hall–Kier alpha value is -3.35. The van der Waals surface area contributed by atoms with Gasteiger partial charge in [0, 0.05) is 50.2 Å². The molecule has 1 heterocycles. The van der Waals surface area contributed by atoms with E-state index in [9.17, 15) is 14.4 Å². The molecule has 0 radical (unpaired) electrons. The molecule has 1 fully saturated rings. The Morgan fingerprint density at radius 3 is 1.85 bits per heavy atom. The first-order valence-corrected chi connectivity index (χ1v) is 8.81. The maximum Gasteiger partial charge on any atom is 0.313 e. The summed E-state index contributed by atoms with van der Waals surface area (Å²) >= 11 is 0. The van der Waals surface area contributed by atoms with Crippen molar-refractivity contribution in [2.24, 2.45) is 0 Å². The van der Waals surface area contributed by atoms with Crippen LogP contribution >= 0.6 is 0 Å². The monoisotopic (exact) mass is 366 g/mol. The van der Waals surface area contributed by atoms with Crippen LogP contribution < -0.4 is 10.6 Å². The number of rotatable bonds is 3. The molecule has 7 nitrogen and oxygen atoms in total. The molecule has 2 aromatic carbocycles. The van der Waals surface area contributed by atoms with Gasteiger partial charge in [-0.2, -0.15) is 0 Å². The maximum absolute atomic E-state index is 12.3. The van der Waals surface area contributed by atoms with Crippen LogP contribution in [0.1, 0.15) is 6.92 Å². The fraction of sp³-hybridized carbons (Fsp3) is 0.250. The van der Waals surface area contributed by atoms with E-state index in [-0.39, 0.29) is 5.91 Å². The predicted molar refractivity (Wildman–Crippen MR) is 104 cm³/mol. The van der Waals surface area contributed by atoms with Crippen LogP contribution in [0.4, 0.5) is 17.1 Å². The zero-order chi connectivity index (χ0) is 19.2. The van der Waals surface area contributed by atoms with Crippen LogP contribution in [0.3, 0.4) is 0 Å². The van der Waals surface area contributed by atoms with Crippen molar-refractivity contribution in [3.05, 3.63) is 54.6 Å². The zero-order valence-electron chi connectivity index (χ0n) is 15.1. The van der Waals surface area contributed by atoms with Crippen LogP contribution in [0.2, 0.25) is 0 Å². The van der Waals surface area contributed by atoms with Gasteiger partial charge in [0.05, 0.1) is 0 Å². The molecule has 0 saturated carbocycles. The van der Waals surface area contributed by atoms with Gasteiger partial charge in [0.15, 0.2) is 0 Å². The minimum Gasteiger partial charge on any atom is -0.356 e. The van der Waals surface area contributed by atoms with Gasteiger partial charge >= 0.3 is 11.8 Å². The number of amides is 3. The standard InChI is InChI=1S/C20H22N4O3/c1-15(25)23-11-13-24(14-12-23)20(27)19(26)22-18-9-7-17(8-10-18)21-16-5-3-2-4-6-16/h2-10,21H,11-14H2,1H3,(H,22,26). The van der Waals surface area contributed by atoms with Crippen LogP contribution in [0.25, 0.3) is 0 Å². The molecule has 0 unspecified atom stereocenters. The number of nitrogens with zero attached hydrogens (tertiary/aromatic N) is 2. The van der Waals surface area contributed by atoms with Gasteiger partial charge in [-0.1, -0.05) is 18.2 Å². The fourth-order valence-electron chi connectivity index (χ4n) is 2.88. The van der Waals surface area contributed by atoms with Gasteiger partial charge < -0.3 is 20.4 Å². The highest BCUT2D eigenvalue weighted by molar-refractivity contribution is 6.39. The van der Waals surface area contributed by atoms with Gasteiger partial charge in [0.25, 0.3) is 0 Å². The summed E-state index contributed by atoms with van der Waals surface area (Å²) in [7, 11) is 0. The van der Waals surface area contributed by atoms with Crippen molar-refractivity contribution in [3.8, 4) is 0 Å². The third-order valence-corrected chi connectivity index (χ3v) is 4.41. The second kappa shape index (κ2) is 8.35. The lowest BCUT2D eigenvalue weighted by Crippen LogP contribution is -2.52. The SMILES string of the molecule is CC(=O)N1CCN(C(=O)C(=O)Nc2ccc(Nc3ccccc3)cc2)CC1. The van der Waals surface area contributed by atoms with Gasteiger partial charge in [0.2, 0.25) is 5.91 Å². The molecule has 0 spiro atoms. The van der Waals surface area contributed by atoms with Crippen molar-refractivity contribution < 1.29 is 14.4 Å². The molecule has 1 saturated heterocycles. The van der Waals surface area contributed by atoms with Crippen LogP contribution in [0.5, 0.6) is 0 Å². The molecule has 7 heteroatoms. The first-order chi connectivity index (χ1) is 13.0. The van der Waals surface area contributed by atoms with E-state index in [4.69, 9.17) is 0 Å². The number of anilines is 3. The van der Waals surface area contributed by atoms with Crippen molar-refractivity contribution in [1.29, 1.82) is 0 Å². The van der Waals surface area contributed by atoms with Crippen LogP contribution in [0.15, 0.2) is 54.6 Å². The first-order valence-electron chi connectivity index (χ1n) is 8.81. The van der Waals surface area contributed by atoms with E-state index in [0.29, 0.717) is 31.9 Å². The Morgan fingerprint density at radius 1 is 0.741 bits per heavy atom. The van der Waals surface area contributed by atoms with E-state index in [1.54, 1.807) is 17.0 Å². The highest BCUT2D eigenvalue weighted by atomic mass is 16.2. The molecular weight excluding hydrogens is 344 g/mol. The third kappa shape index (κ3) is 4.84. The van der Waals surface area contributed by atoms with Crippen molar-refractivity contribution in [2.75, 3.05) is 36.8 Å². The summed E-state index contributed by atoms with van der Waals surface area (Å²) in [4.78, 5) is 39.0. The number of benzene rings is 2. The first kappa shape index (κ1) is 18.4. The zero-order valence-corrected chi connectivity index (χ0v) is 15.1. The lowest BCUT2D eigenvalue weighted by Gasteiger charge is -2.33. The minimum absolute atomic E-state index is 0.0178. The summed E-state index contributed by atoms with van der Waals surface area (Å²) in [5.74, 6) is -1.27. The highest BCUT2D eigenvalue weighted by Gasteiger charge is 2.26. The van der Waals surface area contributed by atoms with Gasteiger partial charge in [0.1, 0.15) is 0 Å². The fourth-order valence-corrected chi connectivity index (χ4v) is 2.88. The lowest BCUT2D eigenvalue weighted by atomic mass is 10.2. The van der Waals surface area contributed by atoms with Crippen molar-refractivity contribution >= 4 is 34.8 Å². The van der Waals surface area contributed by atoms with E-state index in [1.165, 1.54) is 11.8 Å². The number of nitrogens with one attached hydrogen (secondary N) is 2. The van der Waals surface area contributed by atoms with Crippen LogP contribution in [0, 0.1) is 0 Å². The molecule has 3 rings (SSSR count).